The average Bonchev–Trinajstić information content (AvgIpc) is 2.45. The number of rotatable bonds is 4. The van der Waals surface area contributed by atoms with Gasteiger partial charge in [-0.05, 0) is 18.2 Å². The number of aromatic carboxylic acids is 1. The third-order valence-electron chi connectivity index (χ3n) is 2.67. The van der Waals surface area contributed by atoms with Crippen LogP contribution >= 0.6 is 23.2 Å². The molecule has 0 aliphatic carbocycles. The zero-order valence-electron chi connectivity index (χ0n) is 11.7. The molecule has 0 fully saturated rings. The molecule has 13 heteroatoms. The largest absolute Gasteiger partial charge is 0.476 e. The maximum atomic E-state index is 12.8. The number of pyridine rings is 2. The highest BCUT2D eigenvalue weighted by atomic mass is 35.5. The first-order chi connectivity index (χ1) is 11.4. The summed E-state index contributed by atoms with van der Waals surface area (Å²) < 4.78 is 64.7. The van der Waals surface area contributed by atoms with E-state index in [1.54, 1.807) is 4.72 Å². The lowest BCUT2D eigenvalue weighted by Gasteiger charge is -2.12. The van der Waals surface area contributed by atoms with Gasteiger partial charge in [0.2, 0.25) is 0 Å². The lowest BCUT2D eigenvalue weighted by atomic mass is 10.3. The maximum Gasteiger partial charge on any atom is 0.434 e. The molecule has 0 saturated heterocycles. The summed E-state index contributed by atoms with van der Waals surface area (Å²) in [5.74, 6) is -1.57. The van der Waals surface area contributed by atoms with Crippen molar-refractivity contribution in [1.82, 2.24) is 9.97 Å². The molecule has 0 atom stereocenters. The van der Waals surface area contributed by atoms with Crippen molar-refractivity contribution in [2.24, 2.45) is 0 Å². The number of sulfonamides is 1. The number of alkyl halides is 3. The molecule has 134 valence electrons. The molecular weight excluding hydrogens is 410 g/mol. The summed E-state index contributed by atoms with van der Waals surface area (Å²) in [6.07, 6.45) is -4.02. The first kappa shape index (κ1) is 19.2. The van der Waals surface area contributed by atoms with Crippen LogP contribution in [-0.4, -0.2) is 29.5 Å². The molecule has 0 aliphatic heterocycles. The minimum Gasteiger partial charge on any atom is -0.476 e. The second-order valence-electron chi connectivity index (χ2n) is 4.44. The summed E-state index contributed by atoms with van der Waals surface area (Å²) in [7, 11) is -4.67. The van der Waals surface area contributed by atoms with Gasteiger partial charge in [-0.15, -0.1) is 0 Å². The van der Waals surface area contributed by atoms with E-state index >= 15 is 0 Å². The summed E-state index contributed by atoms with van der Waals surface area (Å²) in [6.45, 7) is 0. The Morgan fingerprint density at radius 2 is 1.88 bits per heavy atom. The third-order valence-corrected chi connectivity index (χ3v) is 4.44. The maximum absolute atomic E-state index is 12.8. The van der Waals surface area contributed by atoms with Crippen molar-refractivity contribution >= 4 is 44.9 Å². The van der Waals surface area contributed by atoms with Gasteiger partial charge in [-0.25, -0.2) is 14.8 Å². The SMILES string of the molecule is O=C(O)c1ncc(Cl)cc1NS(=O)(=O)c1ccc(Cl)c(C(F)(F)F)n1. The molecule has 0 unspecified atom stereocenters. The minimum atomic E-state index is -4.98. The Labute approximate surface area is 148 Å². The molecule has 2 heterocycles. The Morgan fingerprint density at radius 1 is 1.24 bits per heavy atom. The smallest absolute Gasteiger partial charge is 0.434 e. The predicted octanol–water partition coefficient (Wildman–Crippen LogP) is 3.30. The quantitative estimate of drug-likeness (QED) is 0.792. The summed E-state index contributed by atoms with van der Waals surface area (Å²) in [5.41, 5.74) is -2.83. The highest BCUT2D eigenvalue weighted by Gasteiger charge is 2.36. The van der Waals surface area contributed by atoms with E-state index in [0.29, 0.717) is 6.07 Å². The topological polar surface area (TPSA) is 109 Å². The van der Waals surface area contributed by atoms with Crippen LogP contribution in [0, 0.1) is 0 Å². The van der Waals surface area contributed by atoms with Gasteiger partial charge in [-0.1, -0.05) is 23.2 Å². The highest BCUT2D eigenvalue weighted by Crippen LogP contribution is 2.34. The van der Waals surface area contributed by atoms with E-state index < -0.39 is 49.3 Å². The number of nitrogens with zero attached hydrogens (tertiary/aromatic N) is 2. The summed E-state index contributed by atoms with van der Waals surface area (Å²) in [4.78, 5) is 17.5. The Balaban J connectivity index is 2.51. The molecule has 0 spiro atoms. The van der Waals surface area contributed by atoms with Crippen molar-refractivity contribution in [1.29, 1.82) is 0 Å². The molecule has 7 nitrogen and oxygen atoms in total. The molecule has 2 N–H and O–H groups in total. The van der Waals surface area contributed by atoms with E-state index in [1.807, 2.05) is 0 Å². The van der Waals surface area contributed by atoms with Crippen molar-refractivity contribution in [3.05, 3.63) is 45.8 Å². The van der Waals surface area contributed by atoms with Gasteiger partial charge in [0, 0.05) is 6.20 Å². The zero-order valence-corrected chi connectivity index (χ0v) is 14.0. The molecule has 0 radical (unpaired) electrons. The van der Waals surface area contributed by atoms with Crippen molar-refractivity contribution < 1.29 is 31.5 Å². The van der Waals surface area contributed by atoms with Crippen molar-refractivity contribution in [2.45, 2.75) is 11.2 Å². The van der Waals surface area contributed by atoms with Gasteiger partial charge < -0.3 is 5.11 Å². The molecule has 0 aromatic carbocycles. The lowest BCUT2D eigenvalue weighted by Crippen LogP contribution is -2.19. The summed E-state index contributed by atoms with van der Waals surface area (Å²) in [5, 5.41) is 7.09. The van der Waals surface area contributed by atoms with Crippen LogP contribution in [0.2, 0.25) is 10.0 Å². The van der Waals surface area contributed by atoms with E-state index in [4.69, 9.17) is 28.3 Å². The molecule has 0 saturated carbocycles. The summed E-state index contributed by atoms with van der Waals surface area (Å²) in [6, 6.07) is 2.38. The first-order valence-corrected chi connectivity index (χ1v) is 8.31. The third kappa shape index (κ3) is 4.30. The zero-order chi connectivity index (χ0) is 19.0. The van der Waals surface area contributed by atoms with Gasteiger partial charge in [0.25, 0.3) is 10.0 Å². The molecule has 2 rings (SSSR count). The van der Waals surface area contributed by atoms with Crippen molar-refractivity contribution in [3.8, 4) is 0 Å². The summed E-state index contributed by atoms with van der Waals surface area (Å²) >= 11 is 11.0. The Kier molecular flexibility index (Phi) is 5.11. The normalized spacial score (nSPS) is 12.0. The van der Waals surface area contributed by atoms with Gasteiger partial charge in [0.1, 0.15) is 0 Å². The fourth-order valence-corrected chi connectivity index (χ4v) is 3.04. The van der Waals surface area contributed by atoms with E-state index in [2.05, 4.69) is 9.97 Å². The van der Waals surface area contributed by atoms with Gasteiger partial charge in [0.15, 0.2) is 16.4 Å². The second-order valence-corrected chi connectivity index (χ2v) is 6.91. The van der Waals surface area contributed by atoms with E-state index in [0.717, 1.165) is 18.3 Å². The number of hydrogen-bond acceptors (Lipinski definition) is 5. The fourth-order valence-electron chi connectivity index (χ4n) is 1.66. The van der Waals surface area contributed by atoms with Crippen LogP contribution in [0.5, 0.6) is 0 Å². The second kappa shape index (κ2) is 6.65. The number of carbonyl (C=O) groups is 1. The van der Waals surface area contributed by atoms with E-state index in [9.17, 15) is 26.4 Å². The van der Waals surface area contributed by atoms with Crippen LogP contribution in [0.4, 0.5) is 18.9 Å². The van der Waals surface area contributed by atoms with Crippen molar-refractivity contribution in [2.75, 3.05) is 4.72 Å². The average molecular weight is 416 g/mol. The van der Waals surface area contributed by atoms with Crippen LogP contribution in [0.15, 0.2) is 29.4 Å². The van der Waals surface area contributed by atoms with E-state index in [-0.39, 0.29) is 5.02 Å². The highest BCUT2D eigenvalue weighted by molar-refractivity contribution is 7.92. The number of halogens is 5. The van der Waals surface area contributed by atoms with Crippen molar-refractivity contribution in [3.63, 3.8) is 0 Å². The Hall–Kier alpha value is -2.11. The lowest BCUT2D eigenvalue weighted by molar-refractivity contribution is -0.141. The molecule has 2 aromatic heterocycles. The van der Waals surface area contributed by atoms with Crippen LogP contribution in [-0.2, 0) is 16.2 Å². The van der Waals surface area contributed by atoms with Crippen LogP contribution in [0.3, 0.4) is 0 Å². The monoisotopic (exact) mass is 415 g/mol. The molecule has 0 aliphatic rings. The number of nitrogens with one attached hydrogen (secondary N) is 1. The van der Waals surface area contributed by atoms with Gasteiger partial charge >= 0.3 is 12.1 Å². The number of hydrogen-bond donors (Lipinski definition) is 2. The van der Waals surface area contributed by atoms with Gasteiger partial charge in [-0.3, -0.25) is 4.72 Å². The van der Waals surface area contributed by atoms with Crippen LogP contribution in [0.1, 0.15) is 16.2 Å². The van der Waals surface area contributed by atoms with Gasteiger partial charge in [0.05, 0.1) is 15.7 Å². The van der Waals surface area contributed by atoms with Crippen LogP contribution < -0.4 is 4.72 Å². The van der Waals surface area contributed by atoms with Crippen LogP contribution in [0.25, 0.3) is 0 Å². The molecule has 25 heavy (non-hydrogen) atoms. The fraction of sp³-hybridized carbons (Fsp3) is 0.0833. The number of aromatic nitrogens is 2. The minimum absolute atomic E-state index is 0.0947. The number of carboxylic acid groups (broad SMARTS) is 1. The molecule has 2 aromatic rings. The van der Waals surface area contributed by atoms with Gasteiger partial charge in [-0.2, -0.15) is 21.6 Å². The number of carboxylic acids is 1. The Morgan fingerprint density at radius 3 is 2.44 bits per heavy atom. The molecular formula is C12H6Cl2F3N3O4S. The molecule has 0 bridgehead atoms. The first-order valence-electron chi connectivity index (χ1n) is 6.07. The predicted molar refractivity (Wildman–Crippen MR) is 81.3 cm³/mol. The molecule has 0 amide bonds. The Bertz CT molecular complexity index is 951. The standard InChI is InChI=1S/C12H6Cl2F3N3O4S/c13-5-3-7(9(11(21)22)18-4-5)20-25(23,24)8-2-1-6(14)10(19-8)12(15,16)17/h1-4,20H,(H,21,22). The number of anilines is 1. The van der Waals surface area contributed by atoms with E-state index in [1.165, 1.54) is 0 Å².